The summed E-state index contributed by atoms with van der Waals surface area (Å²) >= 11 is 1.37. The minimum Gasteiger partial charge on any atom is -0.497 e. The van der Waals surface area contributed by atoms with E-state index in [4.69, 9.17) is 15.2 Å². The second-order valence-corrected chi connectivity index (χ2v) is 4.51. The van der Waals surface area contributed by atoms with Crippen LogP contribution in [0.1, 0.15) is 6.92 Å². The molecule has 7 heteroatoms. The molecule has 1 heterocycles. The standard InChI is InChI=1S/C12H14N4O2S/c1-3-18-11-14-10(13)15-12(16-11)19-9-6-4-5-8(7-9)17-2/h4-7H,3H2,1-2H3,(H2,13,14,15,16). The maximum Gasteiger partial charge on any atom is 0.322 e. The first-order chi connectivity index (χ1) is 9.21. The summed E-state index contributed by atoms with van der Waals surface area (Å²) in [6, 6.07) is 7.84. The van der Waals surface area contributed by atoms with Crippen LogP contribution in [0.15, 0.2) is 34.3 Å². The fraction of sp³-hybridized carbons (Fsp3) is 0.250. The Morgan fingerprint density at radius 3 is 2.84 bits per heavy atom. The average Bonchev–Trinajstić information content (AvgIpc) is 2.38. The van der Waals surface area contributed by atoms with Crippen molar-refractivity contribution in [2.45, 2.75) is 17.0 Å². The molecule has 0 saturated carbocycles. The van der Waals surface area contributed by atoms with Crippen LogP contribution in [0.5, 0.6) is 11.8 Å². The van der Waals surface area contributed by atoms with Crippen LogP contribution in [-0.2, 0) is 0 Å². The summed E-state index contributed by atoms with van der Waals surface area (Å²) in [5, 5.41) is 0.490. The van der Waals surface area contributed by atoms with Gasteiger partial charge in [-0.25, -0.2) is 0 Å². The number of rotatable bonds is 5. The first-order valence-electron chi connectivity index (χ1n) is 5.67. The van der Waals surface area contributed by atoms with E-state index in [-0.39, 0.29) is 12.0 Å². The zero-order valence-electron chi connectivity index (χ0n) is 10.7. The molecule has 0 aliphatic carbocycles. The first kappa shape index (κ1) is 13.4. The highest BCUT2D eigenvalue weighted by Crippen LogP contribution is 2.28. The molecule has 19 heavy (non-hydrogen) atoms. The smallest absolute Gasteiger partial charge is 0.322 e. The summed E-state index contributed by atoms with van der Waals surface area (Å²) in [6.45, 7) is 2.33. The molecule has 2 rings (SSSR count). The molecule has 0 atom stereocenters. The van der Waals surface area contributed by atoms with E-state index in [0.717, 1.165) is 10.6 Å². The molecule has 1 aromatic carbocycles. The zero-order valence-corrected chi connectivity index (χ0v) is 11.5. The Hall–Kier alpha value is -2.02. The molecule has 0 amide bonds. The van der Waals surface area contributed by atoms with Crippen molar-refractivity contribution in [2.75, 3.05) is 19.5 Å². The average molecular weight is 278 g/mol. The molecular formula is C12H14N4O2S. The number of hydrogen-bond donors (Lipinski definition) is 1. The lowest BCUT2D eigenvalue weighted by atomic mass is 10.3. The SMILES string of the molecule is CCOc1nc(N)nc(Sc2cccc(OC)c2)n1. The number of ether oxygens (including phenoxy) is 2. The topological polar surface area (TPSA) is 83.2 Å². The third-order valence-corrected chi connectivity index (χ3v) is 2.99. The Kier molecular flexibility index (Phi) is 4.40. The molecule has 0 fully saturated rings. The van der Waals surface area contributed by atoms with E-state index < -0.39 is 0 Å². The first-order valence-corrected chi connectivity index (χ1v) is 6.49. The molecule has 2 aromatic rings. The van der Waals surface area contributed by atoms with Gasteiger partial charge in [0.15, 0.2) is 0 Å². The largest absolute Gasteiger partial charge is 0.497 e. The van der Waals surface area contributed by atoms with Gasteiger partial charge in [0.25, 0.3) is 0 Å². The molecule has 0 saturated heterocycles. The van der Waals surface area contributed by atoms with Crippen molar-refractivity contribution in [3.63, 3.8) is 0 Å². The number of nitrogens with two attached hydrogens (primary N) is 1. The molecular weight excluding hydrogens is 264 g/mol. The van der Waals surface area contributed by atoms with Crippen molar-refractivity contribution in [3.05, 3.63) is 24.3 Å². The van der Waals surface area contributed by atoms with Crippen LogP contribution >= 0.6 is 11.8 Å². The van der Waals surface area contributed by atoms with Crippen molar-refractivity contribution in [3.8, 4) is 11.8 Å². The van der Waals surface area contributed by atoms with Gasteiger partial charge < -0.3 is 15.2 Å². The van der Waals surface area contributed by atoms with Crippen LogP contribution in [0.2, 0.25) is 0 Å². The number of hydrogen-bond acceptors (Lipinski definition) is 7. The number of benzene rings is 1. The lowest BCUT2D eigenvalue weighted by Crippen LogP contribution is -2.04. The van der Waals surface area contributed by atoms with Gasteiger partial charge in [-0.3, -0.25) is 0 Å². The molecule has 0 bridgehead atoms. The Labute approximate surface area is 115 Å². The lowest BCUT2D eigenvalue weighted by molar-refractivity contribution is 0.308. The van der Waals surface area contributed by atoms with Gasteiger partial charge in [0.2, 0.25) is 11.1 Å². The third kappa shape index (κ3) is 3.72. The monoisotopic (exact) mass is 278 g/mol. The molecule has 0 aliphatic rings. The molecule has 0 unspecified atom stereocenters. The Morgan fingerprint density at radius 1 is 1.26 bits per heavy atom. The maximum atomic E-state index is 5.62. The van der Waals surface area contributed by atoms with Crippen LogP contribution in [-0.4, -0.2) is 28.7 Å². The van der Waals surface area contributed by atoms with Crippen LogP contribution in [0.25, 0.3) is 0 Å². The molecule has 0 spiro atoms. The molecule has 0 radical (unpaired) electrons. The minimum absolute atomic E-state index is 0.142. The highest BCUT2D eigenvalue weighted by atomic mass is 32.2. The summed E-state index contributed by atoms with van der Waals surface area (Å²) in [5.41, 5.74) is 5.62. The zero-order chi connectivity index (χ0) is 13.7. The molecule has 2 N–H and O–H groups in total. The number of nitrogens with zero attached hydrogens (tertiary/aromatic N) is 3. The lowest BCUT2D eigenvalue weighted by Gasteiger charge is -2.05. The normalized spacial score (nSPS) is 10.2. The van der Waals surface area contributed by atoms with Gasteiger partial charge in [0.05, 0.1) is 13.7 Å². The Balaban J connectivity index is 2.22. The quantitative estimate of drug-likeness (QED) is 0.895. The van der Waals surface area contributed by atoms with E-state index in [9.17, 15) is 0 Å². The molecule has 6 nitrogen and oxygen atoms in total. The number of anilines is 1. The van der Waals surface area contributed by atoms with E-state index in [1.54, 1.807) is 7.11 Å². The Bertz CT molecular complexity index is 565. The fourth-order valence-corrected chi connectivity index (χ4v) is 2.16. The van der Waals surface area contributed by atoms with Crippen molar-refractivity contribution < 1.29 is 9.47 Å². The van der Waals surface area contributed by atoms with E-state index >= 15 is 0 Å². The van der Waals surface area contributed by atoms with Gasteiger partial charge in [-0.1, -0.05) is 6.07 Å². The summed E-state index contributed by atoms with van der Waals surface area (Å²) in [6.07, 6.45) is 0. The van der Waals surface area contributed by atoms with Gasteiger partial charge in [0.1, 0.15) is 5.75 Å². The Morgan fingerprint density at radius 2 is 2.11 bits per heavy atom. The second kappa shape index (κ2) is 6.24. The van der Waals surface area contributed by atoms with Gasteiger partial charge in [-0.05, 0) is 36.9 Å². The maximum absolute atomic E-state index is 5.62. The van der Waals surface area contributed by atoms with Gasteiger partial charge in [-0.2, -0.15) is 15.0 Å². The summed E-state index contributed by atoms with van der Waals surface area (Å²) in [7, 11) is 1.62. The van der Waals surface area contributed by atoms with Crippen LogP contribution < -0.4 is 15.2 Å². The highest BCUT2D eigenvalue weighted by molar-refractivity contribution is 7.99. The molecule has 1 aromatic heterocycles. The van der Waals surface area contributed by atoms with Crippen molar-refractivity contribution in [2.24, 2.45) is 0 Å². The molecule has 0 aliphatic heterocycles. The van der Waals surface area contributed by atoms with Gasteiger partial charge in [-0.15, -0.1) is 0 Å². The van der Waals surface area contributed by atoms with E-state index in [1.165, 1.54) is 11.8 Å². The van der Waals surface area contributed by atoms with Crippen molar-refractivity contribution in [1.29, 1.82) is 0 Å². The van der Waals surface area contributed by atoms with Gasteiger partial charge >= 0.3 is 6.01 Å². The third-order valence-electron chi connectivity index (χ3n) is 2.14. The van der Waals surface area contributed by atoms with Crippen LogP contribution in [0.3, 0.4) is 0 Å². The minimum atomic E-state index is 0.142. The summed E-state index contributed by atoms with van der Waals surface area (Å²) in [4.78, 5) is 13.1. The highest BCUT2D eigenvalue weighted by Gasteiger charge is 2.07. The van der Waals surface area contributed by atoms with E-state index in [2.05, 4.69) is 15.0 Å². The summed E-state index contributed by atoms with van der Waals surface area (Å²) in [5.74, 6) is 0.918. The fourth-order valence-electron chi connectivity index (χ4n) is 1.36. The number of methoxy groups -OCH3 is 1. The van der Waals surface area contributed by atoms with E-state index in [1.807, 2.05) is 31.2 Å². The van der Waals surface area contributed by atoms with Crippen molar-refractivity contribution in [1.82, 2.24) is 15.0 Å². The predicted molar refractivity (Wildman–Crippen MR) is 72.5 cm³/mol. The summed E-state index contributed by atoms with van der Waals surface area (Å²) < 4.78 is 10.4. The van der Waals surface area contributed by atoms with E-state index in [0.29, 0.717) is 11.8 Å². The predicted octanol–water partition coefficient (Wildman–Crippen LogP) is 2.01. The van der Waals surface area contributed by atoms with Crippen LogP contribution in [0, 0.1) is 0 Å². The second-order valence-electron chi connectivity index (χ2n) is 3.47. The number of nitrogen functional groups attached to an aromatic ring is 1. The van der Waals surface area contributed by atoms with Crippen LogP contribution in [0.4, 0.5) is 5.95 Å². The molecule has 100 valence electrons. The number of aromatic nitrogens is 3. The van der Waals surface area contributed by atoms with Crippen molar-refractivity contribution >= 4 is 17.7 Å². The van der Waals surface area contributed by atoms with Gasteiger partial charge in [0, 0.05) is 4.90 Å².